The first-order chi connectivity index (χ1) is 11.8. The molecule has 0 radical (unpaired) electrons. The third-order valence-corrected chi connectivity index (χ3v) is 5.23. The van der Waals surface area contributed by atoms with Crippen molar-refractivity contribution in [2.45, 2.75) is 13.0 Å². The Morgan fingerprint density at radius 2 is 2.12 bits per heavy atom. The second-order valence-corrected chi connectivity index (χ2v) is 6.91. The molecule has 6 heteroatoms. The van der Waals surface area contributed by atoms with Crippen molar-refractivity contribution in [2.24, 2.45) is 0 Å². The molecule has 1 aliphatic heterocycles. The minimum absolute atomic E-state index is 0.161. The van der Waals surface area contributed by atoms with Crippen LogP contribution in [0.25, 0.3) is 5.52 Å². The Balaban J connectivity index is 1.42. The third-order valence-electron chi connectivity index (χ3n) is 4.54. The summed E-state index contributed by atoms with van der Waals surface area (Å²) in [5.41, 5.74) is 3.22. The summed E-state index contributed by atoms with van der Waals surface area (Å²) in [5, 5.41) is 8.31. The molecule has 1 fully saturated rings. The Labute approximate surface area is 145 Å². The number of nitrogens with zero attached hydrogens (tertiary/aromatic N) is 4. The minimum Gasteiger partial charge on any atom is -0.337 e. The zero-order valence-electron chi connectivity index (χ0n) is 13.5. The van der Waals surface area contributed by atoms with Gasteiger partial charge in [-0.05, 0) is 30.0 Å². The number of amides is 1. The average Bonchev–Trinajstić information content (AvgIpc) is 3.21. The second-order valence-electron chi connectivity index (χ2n) is 6.13. The zero-order chi connectivity index (χ0) is 16.4. The zero-order valence-corrected chi connectivity index (χ0v) is 14.3. The van der Waals surface area contributed by atoms with Crippen LogP contribution in [0.4, 0.5) is 0 Å². The number of pyridine rings is 1. The first kappa shape index (κ1) is 15.4. The quantitative estimate of drug-likeness (QED) is 0.736. The van der Waals surface area contributed by atoms with Crippen molar-refractivity contribution in [1.29, 1.82) is 0 Å². The van der Waals surface area contributed by atoms with Gasteiger partial charge >= 0.3 is 0 Å². The number of carbonyl (C=O) groups excluding carboxylic acids is 1. The van der Waals surface area contributed by atoms with E-state index in [4.69, 9.17) is 0 Å². The van der Waals surface area contributed by atoms with Gasteiger partial charge in [0.1, 0.15) is 0 Å². The van der Waals surface area contributed by atoms with Gasteiger partial charge in [0.2, 0.25) is 0 Å². The highest BCUT2D eigenvalue weighted by atomic mass is 32.1. The molecule has 0 unspecified atom stereocenters. The Morgan fingerprint density at radius 1 is 1.17 bits per heavy atom. The van der Waals surface area contributed by atoms with E-state index < -0.39 is 0 Å². The summed E-state index contributed by atoms with van der Waals surface area (Å²) in [6.07, 6.45) is 4.94. The van der Waals surface area contributed by atoms with Crippen molar-refractivity contribution in [3.05, 3.63) is 58.5 Å². The predicted molar refractivity (Wildman–Crippen MR) is 95.3 cm³/mol. The summed E-state index contributed by atoms with van der Waals surface area (Å²) in [5.74, 6) is 0.161. The molecule has 0 bridgehead atoms. The van der Waals surface area contributed by atoms with Crippen LogP contribution in [-0.4, -0.2) is 51.5 Å². The number of hydrogen-bond donors (Lipinski definition) is 0. The van der Waals surface area contributed by atoms with E-state index in [1.54, 1.807) is 11.3 Å². The van der Waals surface area contributed by atoms with Crippen LogP contribution in [0.3, 0.4) is 0 Å². The summed E-state index contributed by atoms with van der Waals surface area (Å²) in [6, 6.07) is 8.05. The molecule has 5 nitrogen and oxygen atoms in total. The number of carbonyl (C=O) groups is 1. The Hall–Kier alpha value is -2.18. The molecule has 124 valence electrons. The summed E-state index contributed by atoms with van der Waals surface area (Å²) in [6.45, 7) is 4.42. The molecule has 24 heavy (non-hydrogen) atoms. The maximum Gasteiger partial charge on any atom is 0.254 e. The first-order valence-corrected chi connectivity index (χ1v) is 9.20. The fourth-order valence-corrected chi connectivity index (χ4v) is 3.88. The molecule has 0 atom stereocenters. The number of rotatable bonds is 3. The van der Waals surface area contributed by atoms with Gasteiger partial charge in [0.25, 0.3) is 5.91 Å². The van der Waals surface area contributed by atoms with Gasteiger partial charge in [0.15, 0.2) is 0 Å². The standard InChI is InChI=1S/C18H20N4OS/c23-18(15-5-11-24-14-15)21-7-3-6-20(9-10-21)13-16-12-19-22-8-2-1-4-17(16)22/h1-2,4-5,8,11-12,14H,3,6-7,9-10,13H2. The number of hydrogen-bond acceptors (Lipinski definition) is 4. The van der Waals surface area contributed by atoms with Gasteiger partial charge in [-0.3, -0.25) is 9.69 Å². The maximum atomic E-state index is 12.5. The molecule has 3 aromatic rings. The number of thiophene rings is 1. The predicted octanol–water partition coefficient (Wildman–Crippen LogP) is 2.74. The SMILES string of the molecule is O=C(c1ccsc1)N1CCCN(Cc2cnn3ccccc23)CC1. The summed E-state index contributed by atoms with van der Waals surface area (Å²) < 4.78 is 1.92. The molecule has 3 aromatic heterocycles. The minimum atomic E-state index is 0.161. The molecule has 1 saturated heterocycles. The van der Waals surface area contributed by atoms with Gasteiger partial charge < -0.3 is 4.90 Å². The lowest BCUT2D eigenvalue weighted by molar-refractivity contribution is 0.0761. The van der Waals surface area contributed by atoms with Gasteiger partial charge in [-0.1, -0.05) is 6.07 Å². The van der Waals surface area contributed by atoms with Gasteiger partial charge in [0, 0.05) is 49.9 Å². The summed E-state index contributed by atoms with van der Waals surface area (Å²) in [7, 11) is 0. The molecule has 0 spiro atoms. The van der Waals surface area contributed by atoms with Crippen LogP contribution in [0.2, 0.25) is 0 Å². The normalized spacial score (nSPS) is 16.4. The van der Waals surface area contributed by atoms with E-state index in [1.807, 2.05) is 50.8 Å². The van der Waals surface area contributed by atoms with E-state index >= 15 is 0 Å². The van der Waals surface area contributed by atoms with Crippen molar-refractivity contribution < 1.29 is 4.79 Å². The topological polar surface area (TPSA) is 40.9 Å². The van der Waals surface area contributed by atoms with E-state index in [0.29, 0.717) is 0 Å². The summed E-state index contributed by atoms with van der Waals surface area (Å²) >= 11 is 1.57. The van der Waals surface area contributed by atoms with E-state index in [2.05, 4.69) is 16.1 Å². The van der Waals surface area contributed by atoms with Crippen LogP contribution in [0.5, 0.6) is 0 Å². The molecule has 1 aliphatic rings. The van der Waals surface area contributed by atoms with E-state index in [-0.39, 0.29) is 5.91 Å². The second kappa shape index (κ2) is 6.75. The van der Waals surface area contributed by atoms with Gasteiger partial charge in [-0.25, -0.2) is 4.52 Å². The van der Waals surface area contributed by atoms with Crippen LogP contribution in [-0.2, 0) is 6.54 Å². The fourth-order valence-electron chi connectivity index (χ4n) is 3.25. The van der Waals surface area contributed by atoms with Crippen LogP contribution in [0, 0.1) is 0 Å². The molecule has 4 heterocycles. The molecule has 1 amide bonds. The highest BCUT2D eigenvalue weighted by Crippen LogP contribution is 2.16. The maximum absolute atomic E-state index is 12.5. The molecule has 0 saturated carbocycles. The largest absolute Gasteiger partial charge is 0.337 e. The van der Waals surface area contributed by atoms with Crippen LogP contribution in [0.1, 0.15) is 22.3 Å². The Kier molecular flexibility index (Phi) is 4.32. The molecule has 4 rings (SSSR count). The van der Waals surface area contributed by atoms with Crippen LogP contribution >= 0.6 is 11.3 Å². The molecule has 0 aromatic carbocycles. The average molecular weight is 340 g/mol. The molecular weight excluding hydrogens is 320 g/mol. The van der Waals surface area contributed by atoms with E-state index in [1.165, 1.54) is 5.56 Å². The highest BCUT2D eigenvalue weighted by molar-refractivity contribution is 7.08. The van der Waals surface area contributed by atoms with Crippen LogP contribution in [0.15, 0.2) is 47.4 Å². The Bertz CT molecular complexity index is 827. The van der Waals surface area contributed by atoms with Crippen molar-refractivity contribution in [3.8, 4) is 0 Å². The lowest BCUT2D eigenvalue weighted by atomic mass is 10.2. The van der Waals surface area contributed by atoms with E-state index in [0.717, 1.165) is 50.2 Å². The highest BCUT2D eigenvalue weighted by Gasteiger charge is 2.21. The lowest BCUT2D eigenvalue weighted by Crippen LogP contribution is -2.34. The van der Waals surface area contributed by atoms with Crippen molar-refractivity contribution in [1.82, 2.24) is 19.4 Å². The number of fused-ring (bicyclic) bond motifs is 1. The van der Waals surface area contributed by atoms with Crippen molar-refractivity contribution in [3.63, 3.8) is 0 Å². The van der Waals surface area contributed by atoms with Gasteiger partial charge in [0.05, 0.1) is 17.3 Å². The monoisotopic (exact) mass is 340 g/mol. The van der Waals surface area contributed by atoms with Crippen LogP contribution < -0.4 is 0 Å². The smallest absolute Gasteiger partial charge is 0.254 e. The Morgan fingerprint density at radius 3 is 3.00 bits per heavy atom. The lowest BCUT2D eigenvalue weighted by Gasteiger charge is -2.21. The first-order valence-electron chi connectivity index (χ1n) is 8.26. The fraction of sp³-hybridized carbons (Fsp3) is 0.333. The van der Waals surface area contributed by atoms with Gasteiger partial charge in [-0.15, -0.1) is 0 Å². The molecular formula is C18H20N4OS. The number of aromatic nitrogens is 2. The molecule has 0 N–H and O–H groups in total. The van der Waals surface area contributed by atoms with Crippen molar-refractivity contribution >= 4 is 22.8 Å². The van der Waals surface area contributed by atoms with E-state index in [9.17, 15) is 4.79 Å². The van der Waals surface area contributed by atoms with Gasteiger partial charge in [-0.2, -0.15) is 16.4 Å². The van der Waals surface area contributed by atoms with Crippen molar-refractivity contribution in [2.75, 3.05) is 26.2 Å². The molecule has 0 aliphatic carbocycles. The third kappa shape index (κ3) is 3.07. The summed E-state index contributed by atoms with van der Waals surface area (Å²) in [4.78, 5) is 16.9.